The third kappa shape index (κ3) is 2.76. The number of carbonyl (C=O) groups excluding carboxylic acids is 1. The molecule has 7 heteroatoms. The number of aromatic nitrogens is 5. The van der Waals surface area contributed by atoms with E-state index in [1.165, 1.54) is 0 Å². The molecule has 124 valence electrons. The lowest BCUT2D eigenvalue weighted by Gasteiger charge is -2.06. The van der Waals surface area contributed by atoms with Crippen molar-refractivity contribution in [3.05, 3.63) is 65.7 Å². The predicted molar refractivity (Wildman–Crippen MR) is 94.4 cm³/mol. The van der Waals surface area contributed by atoms with Gasteiger partial charge in [0.15, 0.2) is 5.65 Å². The molecule has 0 spiro atoms. The van der Waals surface area contributed by atoms with Crippen LogP contribution in [0.1, 0.15) is 21.7 Å². The topological polar surface area (TPSA) is 88.0 Å². The Kier molecular flexibility index (Phi) is 3.53. The van der Waals surface area contributed by atoms with Crippen LogP contribution in [0.4, 0.5) is 5.69 Å². The molecule has 4 aromatic rings. The van der Waals surface area contributed by atoms with Crippen molar-refractivity contribution < 1.29 is 4.79 Å². The average Bonchev–Trinajstić information content (AvgIpc) is 3.25. The van der Waals surface area contributed by atoms with E-state index < -0.39 is 0 Å². The molecule has 0 bridgehead atoms. The number of fused-ring (bicyclic) bond motifs is 1. The molecule has 3 aromatic heterocycles. The summed E-state index contributed by atoms with van der Waals surface area (Å²) in [7, 11) is 0. The molecule has 7 nitrogen and oxygen atoms in total. The number of hydrogen-bond acceptors (Lipinski definition) is 4. The smallest absolute Gasteiger partial charge is 0.261 e. The van der Waals surface area contributed by atoms with Gasteiger partial charge in [-0.05, 0) is 43.7 Å². The fraction of sp³-hybridized carbons (Fsp3) is 0.111. The molecule has 3 heterocycles. The third-order valence-corrected chi connectivity index (χ3v) is 3.98. The molecule has 0 unspecified atom stereocenters. The summed E-state index contributed by atoms with van der Waals surface area (Å²) in [5, 5.41) is 14.0. The van der Waals surface area contributed by atoms with Gasteiger partial charge in [-0.3, -0.25) is 9.89 Å². The molecule has 0 aliphatic heterocycles. The van der Waals surface area contributed by atoms with Crippen LogP contribution in [-0.2, 0) is 0 Å². The fourth-order valence-electron chi connectivity index (χ4n) is 2.78. The largest absolute Gasteiger partial charge is 0.322 e. The second-order valence-corrected chi connectivity index (χ2v) is 5.83. The first kappa shape index (κ1) is 15.1. The molecule has 1 aromatic carbocycles. The Morgan fingerprint density at radius 2 is 1.96 bits per heavy atom. The Morgan fingerprint density at radius 3 is 2.68 bits per heavy atom. The van der Waals surface area contributed by atoms with E-state index in [0.717, 1.165) is 22.6 Å². The summed E-state index contributed by atoms with van der Waals surface area (Å²) in [6, 6.07) is 11.4. The predicted octanol–water partition coefficient (Wildman–Crippen LogP) is 2.99. The highest BCUT2D eigenvalue weighted by atomic mass is 16.1. The monoisotopic (exact) mass is 332 g/mol. The van der Waals surface area contributed by atoms with Gasteiger partial charge in [0.05, 0.1) is 11.9 Å². The number of anilines is 1. The number of nitrogens with zero attached hydrogens (tertiary/aromatic N) is 4. The Morgan fingerprint density at radius 1 is 1.16 bits per heavy atom. The summed E-state index contributed by atoms with van der Waals surface area (Å²) in [4.78, 5) is 17.0. The standard InChI is InChI=1S/C18H16N6O/c1-11-9-12(2)24-17(21-11)15(10-20-24)18(25)22-14-5-3-13(4-6-14)16-7-8-19-23-16/h3-10H,1-2H3,(H,19,23)(H,22,25). The van der Waals surface area contributed by atoms with Gasteiger partial charge in [0.1, 0.15) is 5.56 Å². The zero-order chi connectivity index (χ0) is 17.4. The van der Waals surface area contributed by atoms with Crippen LogP contribution in [0.3, 0.4) is 0 Å². The molecule has 0 atom stereocenters. The van der Waals surface area contributed by atoms with Crippen molar-refractivity contribution in [3.63, 3.8) is 0 Å². The minimum absolute atomic E-state index is 0.234. The van der Waals surface area contributed by atoms with Gasteiger partial charge < -0.3 is 5.32 Å². The first-order valence-corrected chi connectivity index (χ1v) is 7.85. The van der Waals surface area contributed by atoms with Crippen LogP contribution < -0.4 is 5.32 Å². The van der Waals surface area contributed by atoms with E-state index in [-0.39, 0.29) is 5.91 Å². The molecule has 0 saturated carbocycles. The van der Waals surface area contributed by atoms with Crippen molar-refractivity contribution in [1.29, 1.82) is 0 Å². The Balaban J connectivity index is 1.60. The van der Waals surface area contributed by atoms with Crippen LogP contribution in [0.25, 0.3) is 16.9 Å². The molecule has 0 fully saturated rings. The van der Waals surface area contributed by atoms with E-state index in [4.69, 9.17) is 0 Å². The van der Waals surface area contributed by atoms with Crippen LogP contribution >= 0.6 is 0 Å². The van der Waals surface area contributed by atoms with E-state index >= 15 is 0 Å². The van der Waals surface area contributed by atoms with Crippen LogP contribution in [0.15, 0.2) is 48.8 Å². The van der Waals surface area contributed by atoms with Crippen LogP contribution in [0.5, 0.6) is 0 Å². The van der Waals surface area contributed by atoms with Crippen molar-refractivity contribution in [2.24, 2.45) is 0 Å². The maximum atomic E-state index is 12.6. The molecule has 0 aliphatic carbocycles. The van der Waals surface area contributed by atoms with Crippen LogP contribution in [0.2, 0.25) is 0 Å². The zero-order valence-corrected chi connectivity index (χ0v) is 13.8. The van der Waals surface area contributed by atoms with Crippen LogP contribution in [0, 0.1) is 13.8 Å². The van der Waals surface area contributed by atoms with E-state index in [1.54, 1.807) is 16.9 Å². The minimum Gasteiger partial charge on any atom is -0.322 e. The molecular formula is C18H16N6O. The molecule has 0 aliphatic rings. The number of benzene rings is 1. The summed E-state index contributed by atoms with van der Waals surface area (Å²) in [5.41, 5.74) is 5.43. The summed E-state index contributed by atoms with van der Waals surface area (Å²) in [5.74, 6) is -0.234. The number of carbonyl (C=O) groups is 1. The first-order chi connectivity index (χ1) is 12.1. The molecule has 1 amide bonds. The second-order valence-electron chi connectivity index (χ2n) is 5.83. The van der Waals surface area contributed by atoms with Gasteiger partial charge in [-0.2, -0.15) is 10.2 Å². The highest BCUT2D eigenvalue weighted by molar-refractivity contribution is 6.08. The molecular weight excluding hydrogens is 316 g/mol. The van der Waals surface area contributed by atoms with Gasteiger partial charge >= 0.3 is 0 Å². The quantitative estimate of drug-likeness (QED) is 0.604. The van der Waals surface area contributed by atoms with Gasteiger partial charge in [0.25, 0.3) is 5.91 Å². The van der Waals surface area contributed by atoms with Crippen molar-refractivity contribution in [1.82, 2.24) is 24.8 Å². The van der Waals surface area contributed by atoms with E-state index in [9.17, 15) is 4.79 Å². The summed E-state index contributed by atoms with van der Waals surface area (Å²) in [6.07, 6.45) is 3.25. The lowest BCUT2D eigenvalue weighted by molar-refractivity contribution is 0.102. The molecule has 4 rings (SSSR count). The maximum Gasteiger partial charge on any atom is 0.261 e. The number of nitrogens with one attached hydrogen (secondary N) is 2. The van der Waals surface area contributed by atoms with Gasteiger partial charge in [-0.15, -0.1) is 0 Å². The molecule has 0 saturated heterocycles. The number of H-pyrrole nitrogens is 1. The number of rotatable bonds is 3. The number of aromatic amines is 1. The van der Waals surface area contributed by atoms with E-state index in [1.807, 2.05) is 50.2 Å². The van der Waals surface area contributed by atoms with Crippen molar-refractivity contribution in [3.8, 4) is 11.3 Å². The Labute approximate surface area is 143 Å². The Bertz CT molecular complexity index is 1050. The van der Waals surface area contributed by atoms with Gasteiger partial charge in [0, 0.05) is 23.3 Å². The number of aryl methyl sites for hydroxylation is 2. The van der Waals surface area contributed by atoms with Gasteiger partial charge in [-0.25, -0.2) is 9.50 Å². The minimum atomic E-state index is -0.234. The second kappa shape index (κ2) is 5.86. The lowest BCUT2D eigenvalue weighted by Crippen LogP contribution is -2.12. The normalized spacial score (nSPS) is 11.0. The highest BCUT2D eigenvalue weighted by Crippen LogP contribution is 2.20. The van der Waals surface area contributed by atoms with E-state index in [0.29, 0.717) is 16.9 Å². The fourth-order valence-corrected chi connectivity index (χ4v) is 2.78. The highest BCUT2D eigenvalue weighted by Gasteiger charge is 2.15. The SMILES string of the molecule is Cc1cc(C)n2ncc(C(=O)Nc3ccc(-c4ccn[nH]4)cc3)c2n1. The lowest BCUT2D eigenvalue weighted by atomic mass is 10.1. The van der Waals surface area contributed by atoms with Gasteiger partial charge in [0.2, 0.25) is 0 Å². The zero-order valence-electron chi connectivity index (χ0n) is 13.8. The summed E-state index contributed by atoms with van der Waals surface area (Å²) >= 11 is 0. The van der Waals surface area contributed by atoms with E-state index in [2.05, 4.69) is 25.6 Å². The van der Waals surface area contributed by atoms with Crippen molar-refractivity contribution in [2.75, 3.05) is 5.32 Å². The number of amides is 1. The molecule has 2 N–H and O–H groups in total. The number of hydrogen-bond donors (Lipinski definition) is 2. The first-order valence-electron chi connectivity index (χ1n) is 7.85. The van der Waals surface area contributed by atoms with Gasteiger partial charge in [-0.1, -0.05) is 12.1 Å². The van der Waals surface area contributed by atoms with Crippen molar-refractivity contribution in [2.45, 2.75) is 13.8 Å². The summed E-state index contributed by atoms with van der Waals surface area (Å²) in [6.45, 7) is 3.83. The molecule has 0 radical (unpaired) electrons. The third-order valence-electron chi connectivity index (χ3n) is 3.98. The maximum absolute atomic E-state index is 12.6. The van der Waals surface area contributed by atoms with Crippen LogP contribution in [-0.4, -0.2) is 30.7 Å². The summed E-state index contributed by atoms with van der Waals surface area (Å²) < 4.78 is 1.67. The molecule has 25 heavy (non-hydrogen) atoms. The van der Waals surface area contributed by atoms with Crippen molar-refractivity contribution >= 4 is 17.2 Å². The Hall–Kier alpha value is -3.48. The average molecular weight is 332 g/mol.